The van der Waals surface area contributed by atoms with E-state index in [1.165, 1.54) is 0 Å². The van der Waals surface area contributed by atoms with Gasteiger partial charge in [0.2, 0.25) is 0 Å². The smallest absolute Gasteiger partial charge is 0.136 e. The van der Waals surface area contributed by atoms with Crippen molar-refractivity contribution in [2.75, 3.05) is 0 Å². The largest absolute Gasteiger partial charge is 0.456 e. The monoisotopic (exact) mass is 561 g/mol. The van der Waals surface area contributed by atoms with Gasteiger partial charge in [-0.05, 0) is 77.8 Å². The first kappa shape index (κ1) is 13.5. The van der Waals surface area contributed by atoms with Crippen molar-refractivity contribution in [3.05, 3.63) is 157 Å². The van der Waals surface area contributed by atoms with Crippen molar-refractivity contribution in [3.8, 4) is 33.4 Å². The standard InChI is InChI=1S/C42H26O/c1-2-15-28-27(13-1)14-11-23-29(28)30-16-3-4-17-31(30)40-32-18-5-7-20-34(32)41(35-21-8-6-19-33(35)40)37-24-12-26-39-42(37)36-22-9-10-25-38(36)43-39/h1-26H/i5D,6D,7D,8D,9D,10D,12D,18D,19D,20D,21D,22D,24D,25D,26D. The van der Waals surface area contributed by atoms with Crippen LogP contribution in [0.15, 0.2) is 162 Å². The fourth-order valence-electron chi connectivity index (χ4n) is 6.09. The third-order valence-electron chi connectivity index (χ3n) is 7.85. The molecule has 0 radical (unpaired) electrons. The lowest BCUT2D eigenvalue weighted by Gasteiger charge is -2.20. The second-order valence-corrected chi connectivity index (χ2v) is 10.1. The van der Waals surface area contributed by atoms with Crippen LogP contribution in [0.2, 0.25) is 0 Å². The number of benzene rings is 8. The zero-order chi connectivity index (χ0) is 41.4. The Bertz CT molecular complexity index is 3270. The highest BCUT2D eigenvalue weighted by Gasteiger charge is 2.21. The fourth-order valence-corrected chi connectivity index (χ4v) is 6.09. The van der Waals surface area contributed by atoms with Crippen LogP contribution in [-0.2, 0) is 0 Å². The predicted molar refractivity (Wildman–Crippen MR) is 183 cm³/mol. The Labute approximate surface area is 270 Å². The second-order valence-electron chi connectivity index (χ2n) is 10.1. The number of hydrogen-bond donors (Lipinski definition) is 0. The van der Waals surface area contributed by atoms with Crippen molar-refractivity contribution in [3.63, 3.8) is 0 Å². The molecule has 0 atom stereocenters. The molecule has 0 aliphatic heterocycles. The molecule has 0 N–H and O–H groups in total. The average Bonchev–Trinajstić information content (AvgIpc) is 3.63. The van der Waals surface area contributed by atoms with Gasteiger partial charge in [0.25, 0.3) is 0 Å². The first-order valence-electron chi connectivity index (χ1n) is 21.1. The lowest BCUT2D eigenvalue weighted by atomic mass is 9.82. The molecule has 9 aromatic rings. The molecule has 0 unspecified atom stereocenters. The van der Waals surface area contributed by atoms with E-state index >= 15 is 0 Å². The first-order valence-corrected chi connectivity index (χ1v) is 13.6. The summed E-state index contributed by atoms with van der Waals surface area (Å²) in [6, 6.07) is 10.7. The van der Waals surface area contributed by atoms with E-state index in [2.05, 4.69) is 0 Å². The first-order chi connectivity index (χ1) is 27.6. The van der Waals surface area contributed by atoms with Crippen molar-refractivity contribution in [1.29, 1.82) is 0 Å². The van der Waals surface area contributed by atoms with Gasteiger partial charge in [-0.25, -0.2) is 0 Å². The summed E-state index contributed by atoms with van der Waals surface area (Å²) in [6.07, 6.45) is 0. The SMILES string of the molecule is [2H]c1c([2H])c([2H])c2c(oc3c([2H])c([2H])c([2H])c(-c4c5c([2H])c([2H])c([2H])c([2H])c5c(-c5ccccc5-c5cccc6ccccc56)c5c([2H])c([2H])c([2H])c([2H])c45)c32)c1[2H]. The number of rotatable bonds is 3. The van der Waals surface area contributed by atoms with Gasteiger partial charge >= 0.3 is 0 Å². The number of fused-ring (bicyclic) bond motifs is 6. The van der Waals surface area contributed by atoms with Gasteiger partial charge in [-0.2, -0.15) is 0 Å². The maximum absolute atomic E-state index is 9.47. The Morgan fingerprint density at radius 1 is 0.372 bits per heavy atom. The molecule has 0 saturated carbocycles. The summed E-state index contributed by atoms with van der Waals surface area (Å²) in [6.45, 7) is 0. The molecule has 0 fully saturated rings. The molecule has 1 nitrogen and oxygen atoms in total. The van der Waals surface area contributed by atoms with Gasteiger partial charge in [-0.15, -0.1) is 0 Å². The van der Waals surface area contributed by atoms with Crippen molar-refractivity contribution >= 4 is 54.3 Å². The molecule has 0 saturated heterocycles. The average molecular weight is 562 g/mol. The summed E-state index contributed by atoms with van der Waals surface area (Å²) >= 11 is 0. The van der Waals surface area contributed by atoms with Crippen LogP contribution in [0.25, 0.3) is 87.6 Å². The second kappa shape index (κ2) is 9.44. The Morgan fingerprint density at radius 2 is 0.907 bits per heavy atom. The molecule has 0 amide bonds. The molecule has 200 valence electrons. The minimum Gasteiger partial charge on any atom is -0.456 e. The van der Waals surface area contributed by atoms with E-state index in [9.17, 15) is 6.85 Å². The summed E-state index contributed by atoms with van der Waals surface area (Å²) in [5.74, 6) is 0. The van der Waals surface area contributed by atoms with Gasteiger partial charge in [0.05, 0.1) is 20.6 Å². The van der Waals surface area contributed by atoms with Gasteiger partial charge in [0.15, 0.2) is 0 Å². The van der Waals surface area contributed by atoms with Crippen LogP contribution in [0.5, 0.6) is 0 Å². The van der Waals surface area contributed by atoms with Crippen LogP contribution in [0, 0.1) is 0 Å². The highest BCUT2D eigenvalue weighted by Crippen LogP contribution is 2.48. The maximum atomic E-state index is 9.47. The summed E-state index contributed by atoms with van der Waals surface area (Å²) in [5.41, 5.74) is 0.276. The summed E-state index contributed by atoms with van der Waals surface area (Å²) in [5, 5.41) is 0.380. The molecule has 1 heterocycles. The van der Waals surface area contributed by atoms with Crippen molar-refractivity contribution < 1.29 is 25.0 Å². The van der Waals surface area contributed by atoms with Crippen LogP contribution in [0.1, 0.15) is 20.6 Å². The predicted octanol–water partition coefficient (Wildman–Crippen LogP) is 12.0. The molecule has 1 aromatic heterocycles. The molecule has 8 aromatic carbocycles. The maximum Gasteiger partial charge on any atom is 0.136 e. The Hall–Kier alpha value is -5.66. The zero-order valence-corrected chi connectivity index (χ0v) is 22.3. The van der Waals surface area contributed by atoms with Gasteiger partial charge in [0.1, 0.15) is 11.2 Å². The van der Waals surface area contributed by atoms with E-state index in [4.69, 9.17) is 18.1 Å². The highest BCUT2D eigenvalue weighted by atomic mass is 16.3. The summed E-state index contributed by atoms with van der Waals surface area (Å²) in [4.78, 5) is 0. The molecule has 0 aliphatic rings. The van der Waals surface area contributed by atoms with E-state index in [0.29, 0.717) is 11.1 Å². The van der Waals surface area contributed by atoms with E-state index in [0.717, 1.165) is 16.3 Å². The molecule has 0 spiro atoms. The van der Waals surface area contributed by atoms with E-state index in [-0.39, 0.29) is 54.6 Å². The molecule has 9 rings (SSSR count). The van der Waals surface area contributed by atoms with Gasteiger partial charge < -0.3 is 4.42 Å². The van der Waals surface area contributed by atoms with Gasteiger partial charge in [-0.1, -0.05) is 145 Å². The van der Waals surface area contributed by atoms with E-state index < -0.39 is 96.2 Å². The molecule has 0 aliphatic carbocycles. The minimum atomic E-state index is -0.717. The molecular formula is C42H26O. The number of furan rings is 1. The Balaban J connectivity index is 1.63. The normalized spacial score (nSPS) is 16.6. The third kappa shape index (κ3) is 3.58. The number of hydrogen-bond acceptors (Lipinski definition) is 1. The van der Waals surface area contributed by atoms with E-state index in [1.54, 1.807) is 18.2 Å². The molecule has 1 heteroatoms. The van der Waals surface area contributed by atoms with Crippen molar-refractivity contribution in [2.45, 2.75) is 0 Å². The lowest BCUT2D eigenvalue weighted by molar-refractivity contribution is 0.669. The molecular weight excluding hydrogens is 520 g/mol. The Morgan fingerprint density at radius 3 is 1.65 bits per heavy atom. The molecule has 0 bridgehead atoms. The Kier molecular flexibility index (Phi) is 2.97. The van der Waals surface area contributed by atoms with Crippen molar-refractivity contribution in [2.24, 2.45) is 0 Å². The fraction of sp³-hybridized carbons (Fsp3) is 0. The molecule has 43 heavy (non-hydrogen) atoms. The third-order valence-corrected chi connectivity index (χ3v) is 7.85. The van der Waals surface area contributed by atoms with Gasteiger partial charge in [0, 0.05) is 10.8 Å². The lowest BCUT2D eigenvalue weighted by Crippen LogP contribution is -1.93. The quantitative estimate of drug-likeness (QED) is 0.196. The minimum absolute atomic E-state index is 0.0567. The number of para-hydroxylation sites is 1. The topological polar surface area (TPSA) is 13.1 Å². The van der Waals surface area contributed by atoms with Gasteiger partial charge in [-0.3, -0.25) is 0 Å². The van der Waals surface area contributed by atoms with Crippen LogP contribution in [-0.4, -0.2) is 0 Å². The van der Waals surface area contributed by atoms with Crippen LogP contribution >= 0.6 is 0 Å². The van der Waals surface area contributed by atoms with E-state index in [1.807, 2.05) is 48.5 Å². The summed E-state index contributed by atoms with van der Waals surface area (Å²) < 4.78 is 141. The summed E-state index contributed by atoms with van der Waals surface area (Å²) in [7, 11) is 0. The van der Waals surface area contributed by atoms with Crippen LogP contribution in [0.4, 0.5) is 0 Å². The highest BCUT2D eigenvalue weighted by molar-refractivity contribution is 6.26. The van der Waals surface area contributed by atoms with Crippen molar-refractivity contribution in [1.82, 2.24) is 0 Å². The zero-order valence-electron chi connectivity index (χ0n) is 37.3. The van der Waals surface area contributed by atoms with Crippen LogP contribution < -0.4 is 0 Å². The van der Waals surface area contributed by atoms with Crippen LogP contribution in [0.3, 0.4) is 0 Å².